The molecule has 0 aliphatic carbocycles. The molecule has 1 aromatic heterocycles. The SMILES string of the molecule is Cc1ccc(C(N)CSc2n[nH]c(C)n2)cc1. The maximum absolute atomic E-state index is 6.11. The van der Waals surface area contributed by atoms with E-state index in [1.807, 2.05) is 6.92 Å². The molecule has 90 valence electrons. The van der Waals surface area contributed by atoms with Gasteiger partial charge in [0.25, 0.3) is 0 Å². The summed E-state index contributed by atoms with van der Waals surface area (Å²) < 4.78 is 0. The van der Waals surface area contributed by atoms with E-state index in [9.17, 15) is 0 Å². The Hall–Kier alpha value is -1.33. The van der Waals surface area contributed by atoms with Crippen LogP contribution in [0.4, 0.5) is 0 Å². The Morgan fingerprint density at radius 2 is 2.00 bits per heavy atom. The lowest BCUT2D eigenvalue weighted by molar-refractivity contribution is 0.826. The third-order valence-electron chi connectivity index (χ3n) is 2.47. The summed E-state index contributed by atoms with van der Waals surface area (Å²) in [5.74, 6) is 1.61. The molecule has 3 N–H and O–H groups in total. The maximum Gasteiger partial charge on any atom is 0.208 e. The van der Waals surface area contributed by atoms with E-state index in [0.717, 1.165) is 22.3 Å². The van der Waals surface area contributed by atoms with Crippen LogP contribution in [0.5, 0.6) is 0 Å². The fourth-order valence-corrected chi connectivity index (χ4v) is 2.29. The van der Waals surface area contributed by atoms with Gasteiger partial charge in [0.2, 0.25) is 5.16 Å². The van der Waals surface area contributed by atoms with Crippen LogP contribution in [0.1, 0.15) is 23.0 Å². The van der Waals surface area contributed by atoms with Gasteiger partial charge in [0, 0.05) is 11.8 Å². The van der Waals surface area contributed by atoms with Crippen molar-refractivity contribution in [3.63, 3.8) is 0 Å². The topological polar surface area (TPSA) is 67.6 Å². The number of aromatic nitrogens is 3. The van der Waals surface area contributed by atoms with Crippen molar-refractivity contribution in [2.24, 2.45) is 5.73 Å². The van der Waals surface area contributed by atoms with E-state index in [1.54, 1.807) is 11.8 Å². The molecule has 1 aromatic carbocycles. The number of H-pyrrole nitrogens is 1. The number of nitrogens with two attached hydrogens (primary N) is 1. The first kappa shape index (κ1) is 12.1. The largest absolute Gasteiger partial charge is 0.323 e. The molecule has 0 saturated carbocycles. The monoisotopic (exact) mass is 248 g/mol. The van der Waals surface area contributed by atoms with Gasteiger partial charge in [-0.3, -0.25) is 5.10 Å². The Bertz CT molecular complexity index is 478. The molecule has 2 aromatic rings. The summed E-state index contributed by atoms with van der Waals surface area (Å²) in [6.07, 6.45) is 0. The van der Waals surface area contributed by atoms with Crippen LogP contribution in [0.2, 0.25) is 0 Å². The molecule has 1 unspecified atom stereocenters. The number of nitrogens with one attached hydrogen (secondary N) is 1. The molecule has 0 radical (unpaired) electrons. The lowest BCUT2D eigenvalue weighted by atomic mass is 10.1. The fourth-order valence-electron chi connectivity index (χ4n) is 1.46. The molecule has 5 heteroatoms. The minimum Gasteiger partial charge on any atom is -0.323 e. The molecular weight excluding hydrogens is 232 g/mol. The van der Waals surface area contributed by atoms with E-state index in [-0.39, 0.29) is 6.04 Å². The van der Waals surface area contributed by atoms with Gasteiger partial charge >= 0.3 is 0 Å². The van der Waals surface area contributed by atoms with Crippen LogP contribution in [0.15, 0.2) is 29.4 Å². The summed E-state index contributed by atoms with van der Waals surface area (Å²) in [6, 6.07) is 8.32. The molecule has 17 heavy (non-hydrogen) atoms. The second kappa shape index (κ2) is 5.33. The molecule has 1 heterocycles. The highest BCUT2D eigenvalue weighted by atomic mass is 32.2. The summed E-state index contributed by atoms with van der Waals surface area (Å²) in [5.41, 5.74) is 8.51. The number of rotatable bonds is 4. The minimum absolute atomic E-state index is 0.0133. The summed E-state index contributed by atoms with van der Waals surface area (Å²) in [7, 11) is 0. The van der Waals surface area contributed by atoms with Crippen molar-refractivity contribution in [2.75, 3.05) is 5.75 Å². The minimum atomic E-state index is 0.0133. The highest BCUT2D eigenvalue weighted by Gasteiger charge is 2.08. The fraction of sp³-hybridized carbons (Fsp3) is 0.333. The first-order valence-corrected chi connectivity index (χ1v) is 6.47. The zero-order valence-corrected chi connectivity index (χ0v) is 10.8. The Balaban J connectivity index is 1.93. The molecule has 4 nitrogen and oxygen atoms in total. The smallest absolute Gasteiger partial charge is 0.208 e. The van der Waals surface area contributed by atoms with E-state index >= 15 is 0 Å². The molecule has 2 rings (SSSR count). The predicted molar refractivity (Wildman–Crippen MR) is 70.0 cm³/mol. The van der Waals surface area contributed by atoms with Crippen LogP contribution < -0.4 is 5.73 Å². The van der Waals surface area contributed by atoms with Crippen molar-refractivity contribution in [2.45, 2.75) is 25.0 Å². The van der Waals surface area contributed by atoms with E-state index < -0.39 is 0 Å². The molecule has 0 aliphatic heterocycles. The van der Waals surface area contributed by atoms with Crippen LogP contribution in [-0.4, -0.2) is 20.9 Å². The molecule has 0 amide bonds. The number of benzene rings is 1. The van der Waals surface area contributed by atoms with Gasteiger partial charge in [0.15, 0.2) is 0 Å². The molecule has 0 fully saturated rings. The summed E-state index contributed by atoms with van der Waals surface area (Å²) in [6.45, 7) is 3.96. The number of hydrogen-bond donors (Lipinski definition) is 2. The first-order chi connectivity index (χ1) is 8.15. The Kier molecular flexibility index (Phi) is 3.81. The van der Waals surface area contributed by atoms with Gasteiger partial charge in [-0.1, -0.05) is 41.6 Å². The second-order valence-corrected chi connectivity index (χ2v) is 5.02. The lowest BCUT2D eigenvalue weighted by Gasteiger charge is -2.10. The summed E-state index contributed by atoms with van der Waals surface area (Å²) >= 11 is 1.57. The number of aromatic amines is 1. The van der Waals surface area contributed by atoms with Gasteiger partial charge in [-0.15, -0.1) is 5.10 Å². The molecular formula is C12H16N4S. The zero-order valence-electron chi connectivity index (χ0n) is 9.97. The predicted octanol–water partition coefficient (Wildman–Crippen LogP) is 2.21. The Morgan fingerprint density at radius 1 is 1.29 bits per heavy atom. The molecule has 0 bridgehead atoms. The quantitative estimate of drug-likeness (QED) is 0.814. The van der Waals surface area contributed by atoms with Crippen molar-refractivity contribution in [1.82, 2.24) is 15.2 Å². The van der Waals surface area contributed by atoms with E-state index in [4.69, 9.17) is 5.73 Å². The van der Waals surface area contributed by atoms with Gasteiger partial charge in [-0.25, -0.2) is 4.98 Å². The highest BCUT2D eigenvalue weighted by Crippen LogP contribution is 2.20. The number of thioether (sulfide) groups is 1. The van der Waals surface area contributed by atoms with E-state index in [1.165, 1.54) is 5.56 Å². The van der Waals surface area contributed by atoms with E-state index in [2.05, 4.69) is 46.4 Å². The maximum atomic E-state index is 6.11. The molecule has 1 atom stereocenters. The Labute approximate surface area is 105 Å². The average molecular weight is 248 g/mol. The Morgan fingerprint density at radius 3 is 2.59 bits per heavy atom. The van der Waals surface area contributed by atoms with Crippen LogP contribution in [-0.2, 0) is 0 Å². The zero-order chi connectivity index (χ0) is 12.3. The van der Waals surface area contributed by atoms with Crippen LogP contribution in [0, 0.1) is 13.8 Å². The lowest BCUT2D eigenvalue weighted by Crippen LogP contribution is -2.12. The third kappa shape index (κ3) is 3.31. The summed E-state index contributed by atoms with van der Waals surface area (Å²) in [4.78, 5) is 4.23. The van der Waals surface area contributed by atoms with Crippen molar-refractivity contribution < 1.29 is 0 Å². The normalized spacial score (nSPS) is 12.6. The van der Waals surface area contributed by atoms with Gasteiger partial charge in [-0.2, -0.15) is 0 Å². The van der Waals surface area contributed by atoms with Crippen molar-refractivity contribution in [3.05, 3.63) is 41.2 Å². The molecule has 0 aliphatic rings. The van der Waals surface area contributed by atoms with Crippen molar-refractivity contribution in [3.8, 4) is 0 Å². The first-order valence-electron chi connectivity index (χ1n) is 5.49. The highest BCUT2D eigenvalue weighted by molar-refractivity contribution is 7.99. The average Bonchev–Trinajstić information content (AvgIpc) is 2.73. The van der Waals surface area contributed by atoms with Crippen molar-refractivity contribution >= 4 is 11.8 Å². The number of hydrogen-bond acceptors (Lipinski definition) is 4. The van der Waals surface area contributed by atoms with Crippen molar-refractivity contribution in [1.29, 1.82) is 0 Å². The van der Waals surface area contributed by atoms with Crippen LogP contribution in [0.3, 0.4) is 0 Å². The molecule has 0 saturated heterocycles. The van der Waals surface area contributed by atoms with Gasteiger partial charge in [0.1, 0.15) is 5.82 Å². The summed E-state index contributed by atoms with van der Waals surface area (Å²) in [5, 5.41) is 7.64. The van der Waals surface area contributed by atoms with Crippen LogP contribution in [0.25, 0.3) is 0 Å². The standard InChI is InChI=1S/C12H16N4S/c1-8-3-5-10(6-4-8)11(13)7-17-12-14-9(2)15-16-12/h3-6,11H,7,13H2,1-2H3,(H,14,15,16). The number of aryl methyl sites for hydroxylation is 2. The van der Waals surface area contributed by atoms with E-state index in [0.29, 0.717) is 0 Å². The van der Waals surface area contributed by atoms with Gasteiger partial charge in [-0.05, 0) is 19.4 Å². The van der Waals surface area contributed by atoms with Crippen LogP contribution >= 0.6 is 11.8 Å². The van der Waals surface area contributed by atoms with Gasteiger partial charge in [0.05, 0.1) is 0 Å². The third-order valence-corrected chi connectivity index (χ3v) is 3.44. The van der Waals surface area contributed by atoms with Gasteiger partial charge < -0.3 is 5.73 Å². The molecule has 0 spiro atoms. The number of nitrogens with zero attached hydrogens (tertiary/aromatic N) is 2. The second-order valence-electron chi connectivity index (χ2n) is 4.03.